The van der Waals surface area contributed by atoms with Crippen LogP contribution in [0.1, 0.15) is 48.6 Å². The molecule has 0 aromatic carbocycles. The van der Waals surface area contributed by atoms with E-state index in [1.807, 2.05) is 0 Å². The standard InChI is InChI=1S/C17H21N3O3S/c1-2-23-17(22)20-8-7-12-13(9-18)16(24-14(12)10-20)19-15(21)11-5-3-4-6-11/h11H,2-8,10H2,1H3,(H,19,21). The fraction of sp³-hybridized carbons (Fsp3) is 0.588. The zero-order valence-electron chi connectivity index (χ0n) is 13.8. The number of thiophene rings is 1. The molecule has 2 aliphatic rings. The molecule has 1 aliphatic carbocycles. The Balaban J connectivity index is 1.77. The SMILES string of the molecule is CCOC(=O)N1CCc2c(sc(NC(=O)C3CCCC3)c2C#N)C1. The molecule has 2 amide bonds. The first kappa shape index (κ1) is 16.8. The smallest absolute Gasteiger partial charge is 0.410 e. The van der Waals surface area contributed by atoms with Gasteiger partial charge in [-0.1, -0.05) is 12.8 Å². The molecular formula is C17H21N3O3S. The zero-order valence-corrected chi connectivity index (χ0v) is 14.6. The van der Waals surface area contributed by atoms with Gasteiger partial charge in [0.1, 0.15) is 11.1 Å². The number of nitriles is 1. The van der Waals surface area contributed by atoms with Crippen LogP contribution in [0.15, 0.2) is 0 Å². The molecule has 0 atom stereocenters. The van der Waals surface area contributed by atoms with E-state index in [2.05, 4.69) is 11.4 Å². The number of carbonyl (C=O) groups is 2. The fourth-order valence-electron chi connectivity index (χ4n) is 3.38. The molecule has 0 saturated heterocycles. The Labute approximate surface area is 145 Å². The second-order valence-electron chi connectivity index (χ2n) is 6.16. The highest BCUT2D eigenvalue weighted by Crippen LogP contribution is 2.37. The van der Waals surface area contributed by atoms with Gasteiger partial charge in [0.15, 0.2) is 0 Å². The van der Waals surface area contributed by atoms with E-state index in [9.17, 15) is 14.9 Å². The number of nitrogens with zero attached hydrogens (tertiary/aromatic N) is 2. The molecule has 128 valence electrons. The van der Waals surface area contributed by atoms with E-state index in [0.29, 0.717) is 36.7 Å². The highest BCUT2D eigenvalue weighted by atomic mass is 32.1. The van der Waals surface area contributed by atoms with Gasteiger partial charge in [-0.3, -0.25) is 4.79 Å². The third-order valence-electron chi connectivity index (χ3n) is 4.66. The monoisotopic (exact) mass is 347 g/mol. The number of ether oxygens (including phenoxy) is 1. The molecule has 0 radical (unpaired) electrons. The van der Waals surface area contributed by atoms with E-state index < -0.39 is 0 Å². The molecule has 6 nitrogen and oxygen atoms in total. The average molecular weight is 347 g/mol. The highest BCUT2D eigenvalue weighted by molar-refractivity contribution is 7.16. The topological polar surface area (TPSA) is 82.4 Å². The number of fused-ring (bicyclic) bond motifs is 1. The second kappa shape index (κ2) is 7.22. The van der Waals surface area contributed by atoms with E-state index in [-0.39, 0.29) is 17.9 Å². The van der Waals surface area contributed by atoms with Gasteiger partial charge >= 0.3 is 6.09 Å². The zero-order chi connectivity index (χ0) is 17.1. The lowest BCUT2D eigenvalue weighted by atomic mass is 10.0. The van der Waals surface area contributed by atoms with Gasteiger partial charge in [0, 0.05) is 17.3 Å². The van der Waals surface area contributed by atoms with Crippen molar-refractivity contribution >= 4 is 28.3 Å². The van der Waals surface area contributed by atoms with Crippen LogP contribution in [0.3, 0.4) is 0 Å². The van der Waals surface area contributed by atoms with Crippen molar-refractivity contribution in [2.45, 2.75) is 45.6 Å². The number of anilines is 1. The van der Waals surface area contributed by atoms with E-state index in [1.165, 1.54) is 11.3 Å². The minimum Gasteiger partial charge on any atom is -0.450 e. The summed E-state index contributed by atoms with van der Waals surface area (Å²) in [7, 11) is 0. The van der Waals surface area contributed by atoms with Crippen molar-refractivity contribution in [2.24, 2.45) is 5.92 Å². The molecule has 0 bridgehead atoms. The first-order chi connectivity index (χ1) is 11.6. The minimum absolute atomic E-state index is 0.0184. The molecule has 24 heavy (non-hydrogen) atoms. The number of rotatable bonds is 3. The number of nitrogens with one attached hydrogen (secondary N) is 1. The summed E-state index contributed by atoms with van der Waals surface area (Å²) in [6, 6.07) is 2.23. The summed E-state index contributed by atoms with van der Waals surface area (Å²) in [6.07, 6.45) is 4.33. The van der Waals surface area contributed by atoms with Gasteiger partial charge in [-0.2, -0.15) is 5.26 Å². The summed E-state index contributed by atoms with van der Waals surface area (Å²) in [6.45, 7) is 3.10. The van der Waals surface area contributed by atoms with Crippen LogP contribution < -0.4 is 5.32 Å². The summed E-state index contributed by atoms with van der Waals surface area (Å²) in [5.74, 6) is 0.0801. The Morgan fingerprint density at radius 2 is 2.17 bits per heavy atom. The van der Waals surface area contributed by atoms with E-state index in [4.69, 9.17) is 4.74 Å². The van der Waals surface area contributed by atoms with Gasteiger partial charge in [-0.05, 0) is 31.7 Å². The van der Waals surface area contributed by atoms with E-state index >= 15 is 0 Å². The van der Waals surface area contributed by atoms with Crippen molar-refractivity contribution in [1.29, 1.82) is 5.26 Å². The van der Waals surface area contributed by atoms with Crippen LogP contribution in [-0.2, 0) is 22.5 Å². The maximum Gasteiger partial charge on any atom is 0.410 e. The maximum atomic E-state index is 12.4. The third kappa shape index (κ3) is 3.24. The molecule has 1 aromatic heterocycles. The van der Waals surface area contributed by atoms with E-state index in [1.54, 1.807) is 11.8 Å². The molecule has 1 fully saturated rings. The molecule has 7 heteroatoms. The van der Waals surface area contributed by atoms with Crippen LogP contribution in [0.5, 0.6) is 0 Å². The van der Waals surface area contributed by atoms with Crippen molar-refractivity contribution < 1.29 is 14.3 Å². The van der Waals surface area contributed by atoms with Crippen LogP contribution in [0.2, 0.25) is 0 Å². The van der Waals surface area contributed by atoms with Crippen LogP contribution in [0.25, 0.3) is 0 Å². The molecule has 1 N–H and O–H groups in total. The molecule has 1 aliphatic heterocycles. The Hall–Kier alpha value is -2.07. The number of amides is 2. The van der Waals surface area contributed by atoms with Gasteiger partial charge in [0.25, 0.3) is 0 Å². The van der Waals surface area contributed by atoms with Crippen molar-refractivity contribution in [3.63, 3.8) is 0 Å². The van der Waals surface area contributed by atoms with Crippen molar-refractivity contribution in [1.82, 2.24) is 4.90 Å². The van der Waals surface area contributed by atoms with Crippen LogP contribution in [0, 0.1) is 17.2 Å². The summed E-state index contributed by atoms with van der Waals surface area (Å²) < 4.78 is 5.05. The van der Waals surface area contributed by atoms with Crippen molar-refractivity contribution in [3.05, 3.63) is 16.0 Å². The number of hydrogen-bond donors (Lipinski definition) is 1. The van der Waals surface area contributed by atoms with Crippen LogP contribution >= 0.6 is 11.3 Å². The van der Waals surface area contributed by atoms with Crippen LogP contribution in [-0.4, -0.2) is 30.1 Å². The van der Waals surface area contributed by atoms with Gasteiger partial charge < -0.3 is 15.0 Å². The largest absolute Gasteiger partial charge is 0.450 e. The van der Waals surface area contributed by atoms with Crippen molar-refractivity contribution in [2.75, 3.05) is 18.5 Å². The summed E-state index contributed by atoms with van der Waals surface area (Å²) in [5.41, 5.74) is 1.52. The van der Waals surface area contributed by atoms with Crippen LogP contribution in [0.4, 0.5) is 9.80 Å². The first-order valence-corrected chi connectivity index (χ1v) is 9.22. The first-order valence-electron chi connectivity index (χ1n) is 8.41. The molecule has 1 aromatic rings. The average Bonchev–Trinajstić information content (AvgIpc) is 3.21. The summed E-state index contributed by atoms with van der Waals surface area (Å²) in [4.78, 5) is 26.9. The van der Waals surface area contributed by atoms with Crippen molar-refractivity contribution in [3.8, 4) is 6.07 Å². The molecule has 0 spiro atoms. The maximum absolute atomic E-state index is 12.4. The molecule has 1 saturated carbocycles. The molecule has 0 unspecified atom stereocenters. The molecular weight excluding hydrogens is 326 g/mol. The van der Waals surface area contributed by atoms with E-state index in [0.717, 1.165) is 36.1 Å². The highest BCUT2D eigenvalue weighted by Gasteiger charge is 2.29. The number of hydrogen-bond acceptors (Lipinski definition) is 5. The van der Waals surface area contributed by atoms with Gasteiger partial charge in [-0.25, -0.2) is 4.79 Å². The predicted molar refractivity (Wildman–Crippen MR) is 90.8 cm³/mol. The molecule has 2 heterocycles. The lowest BCUT2D eigenvalue weighted by molar-refractivity contribution is -0.119. The Bertz CT molecular complexity index is 686. The quantitative estimate of drug-likeness (QED) is 0.910. The summed E-state index contributed by atoms with van der Waals surface area (Å²) in [5, 5.41) is 13.1. The lowest BCUT2D eigenvalue weighted by Crippen LogP contribution is -2.35. The lowest BCUT2D eigenvalue weighted by Gasteiger charge is -2.25. The Morgan fingerprint density at radius 1 is 1.42 bits per heavy atom. The molecule has 3 rings (SSSR count). The van der Waals surface area contributed by atoms with Gasteiger partial charge in [0.2, 0.25) is 5.91 Å². The Morgan fingerprint density at radius 3 is 2.83 bits per heavy atom. The van der Waals surface area contributed by atoms with Gasteiger partial charge in [0.05, 0.1) is 18.7 Å². The second-order valence-corrected chi connectivity index (χ2v) is 7.27. The minimum atomic E-state index is -0.327. The van der Waals surface area contributed by atoms with Gasteiger partial charge in [-0.15, -0.1) is 11.3 Å². The predicted octanol–water partition coefficient (Wildman–Crippen LogP) is 3.26. The Kier molecular flexibility index (Phi) is 5.05. The summed E-state index contributed by atoms with van der Waals surface area (Å²) >= 11 is 1.41. The fourth-order valence-corrected chi connectivity index (χ4v) is 4.60. The third-order valence-corrected chi connectivity index (χ3v) is 5.79. The number of carbonyl (C=O) groups excluding carboxylic acids is 2. The normalized spacial score (nSPS) is 17.2.